The summed E-state index contributed by atoms with van der Waals surface area (Å²) >= 11 is 0. The zero-order valence-electron chi connectivity index (χ0n) is 19.0. The smallest absolute Gasteiger partial charge is 0.328 e. The number of rotatable bonds is 7. The molecule has 168 valence electrons. The van der Waals surface area contributed by atoms with Gasteiger partial charge in [0, 0.05) is 24.5 Å². The Hall–Kier alpha value is -2.90. The molecule has 2 heterocycles. The van der Waals surface area contributed by atoms with Crippen molar-refractivity contribution < 1.29 is 19.1 Å². The first-order chi connectivity index (χ1) is 14.9. The second-order valence-corrected chi connectivity index (χ2v) is 8.17. The number of aryl methyl sites for hydroxylation is 1. The van der Waals surface area contributed by atoms with Crippen LogP contribution in [0, 0.1) is 18.8 Å². The molecular formula is C23H32N4O4. The molecule has 0 spiro atoms. The normalized spacial score (nSPS) is 18.4. The Morgan fingerprint density at radius 2 is 2.06 bits per heavy atom. The summed E-state index contributed by atoms with van der Waals surface area (Å²) < 4.78 is 10.2. The average molecular weight is 429 g/mol. The minimum atomic E-state index is -0.635. The number of benzene rings is 1. The van der Waals surface area contributed by atoms with Crippen LogP contribution in [0.1, 0.15) is 38.8 Å². The van der Waals surface area contributed by atoms with E-state index < -0.39 is 12.0 Å². The number of methoxy groups -OCH3 is 2. The van der Waals surface area contributed by atoms with Crippen LogP contribution in [0.5, 0.6) is 5.75 Å². The minimum Gasteiger partial charge on any atom is -0.497 e. The highest BCUT2D eigenvalue weighted by Gasteiger charge is 2.32. The van der Waals surface area contributed by atoms with E-state index in [0.29, 0.717) is 12.5 Å². The van der Waals surface area contributed by atoms with Crippen LogP contribution >= 0.6 is 0 Å². The Balaban J connectivity index is 1.78. The third-order valence-corrected chi connectivity index (χ3v) is 6.12. The van der Waals surface area contributed by atoms with Gasteiger partial charge >= 0.3 is 5.97 Å². The van der Waals surface area contributed by atoms with Crippen molar-refractivity contribution in [1.82, 2.24) is 15.3 Å². The molecule has 2 aromatic rings. The highest BCUT2D eigenvalue weighted by atomic mass is 16.5. The monoisotopic (exact) mass is 428 g/mol. The second-order valence-electron chi connectivity index (χ2n) is 8.17. The fourth-order valence-corrected chi connectivity index (χ4v) is 3.96. The largest absolute Gasteiger partial charge is 0.497 e. The molecule has 0 bridgehead atoms. The maximum absolute atomic E-state index is 13.0. The zero-order valence-corrected chi connectivity index (χ0v) is 19.0. The summed E-state index contributed by atoms with van der Waals surface area (Å²) in [5.41, 5.74) is 1.70. The number of amides is 1. The van der Waals surface area contributed by atoms with E-state index >= 15 is 0 Å². The number of anilines is 1. The maximum Gasteiger partial charge on any atom is 0.328 e. The number of piperidine rings is 1. The van der Waals surface area contributed by atoms with Gasteiger partial charge in [0.15, 0.2) is 0 Å². The van der Waals surface area contributed by atoms with Gasteiger partial charge < -0.3 is 19.7 Å². The predicted molar refractivity (Wildman–Crippen MR) is 119 cm³/mol. The van der Waals surface area contributed by atoms with Crippen molar-refractivity contribution in [1.29, 1.82) is 0 Å². The van der Waals surface area contributed by atoms with Gasteiger partial charge in [0.2, 0.25) is 11.9 Å². The fourth-order valence-electron chi connectivity index (χ4n) is 3.96. The topological polar surface area (TPSA) is 93.7 Å². The van der Waals surface area contributed by atoms with E-state index in [2.05, 4.69) is 15.2 Å². The average Bonchev–Trinajstić information content (AvgIpc) is 2.80. The fraction of sp³-hybridized carbons (Fsp3) is 0.565. The van der Waals surface area contributed by atoms with Crippen LogP contribution in [0.2, 0.25) is 0 Å². The van der Waals surface area contributed by atoms with E-state index in [9.17, 15) is 9.59 Å². The van der Waals surface area contributed by atoms with Gasteiger partial charge in [-0.2, -0.15) is 0 Å². The molecule has 1 unspecified atom stereocenters. The summed E-state index contributed by atoms with van der Waals surface area (Å²) in [6, 6.07) is 5.12. The molecule has 8 nitrogen and oxygen atoms in total. The third-order valence-electron chi connectivity index (χ3n) is 6.12. The van der Waals surface area contributed by atoms with Crippen molar-refractivity contribution >= 4 is 28.7 Å². The standard InChI is InChI=1S/C23H32N4O4/c1-6-14(2)20(22(29)31-5)26-21(28)16-8-7-11-27(13-16)23-24-15(3)18-10-9-17(30-4)12-19(18)25-23/h9-10,12,14,16,20H,6-8,11,13H2,1-5H3,(H,26,28)/t14-,16?,20-/m0/s1. The molecule has 1 aromatic heterocycles. The Bertz CT molecular complexity index is 949. The number of fused-ring (bicyclic) bond motifs is 1. The second kappa shape index (κ2) is 9.94. The Morgan fingerprint density at radius 1 is 1.29 bits per heavy atom. The van der Waals surface area contributed by atoms with Gasteiger partial charge in [-0.1, -0.05) is 20.3 Å². The first-order valence-electron chi connectivity index (χ1n) is 10.8. The zero-order chi connectivity index (χ0) is 22.5. The van der Waals surface area contributed by atoms with Gasteiger partial charge in [0.05, 0.1) is 31.3 Å². The van der Waals surface area contributed by atoms with Crippen LogP contribution in [0.3, 0.4) is 0 Å². The van der Waals surface area contributed by atoms with Gasteiger partial charge in [-0.25, -0.2) is 14.8 Å². The molecule has 31 heavy (non-hydrogen) atoms. The van der Waals surface area contributed by atoms with E-state index in [4.69, 9.17) is 14.5 Å². The van der Waals surface area contributed by atoms with E-state index in [-0.39, 0.29) is 17.7 Å². The van der Waals surface area contributed by atoms with Gasteiger partial charge in [0.1, 0.15) is 11.8 Å². The molecule has 0 radical (unpaired) electrons. The van der Waals surface area contributed by atoms with Gasteiger partial charge in [-0.05, 0) is 37.8 Å². The number of nitrogens with one attached hydrogen (secondary N) is 1. The molecule has 3 rings (SSSR count). The van der Waals surface area contributed by atoms with Crippen LogP contribution in [0.15, 0.2) is 18.2 Å². The molecular weight excluding hydrogens is 396 g/mol. The quantitative estimate of drug-likeness (QED) is 0.678. The van der Waals surface area contributed by atoms with Crippen LogP contribution in [-0.2, 0) is 14.3 Å². The van der Waals surface area contributed by atoms with Crippen molar-refractivity contribution in [3.63, 3.8) is 0 Å². The number of carbonyl (C=O) groups excluding carboxylic acids is 2. The number of ether oxygens (including phenoxy) is 2. The molecule has 1 aromatic carbocycles. The van der Waals surface area contributed by atoms with E-state index in [1.54, 1.807) is 7.11 Å². The summed E-state index contributed by atoms with van der Waals surface area (Å²) in [7, 11) is 2.98. The molecule has 1 aliphatic heterocycles. The highest BCUT2D eigenvalue weighted by molar-refractivity contribution is 5.86. The first-order valence-corrected chi connectivity index (χ1v) is 10.8. The predicted octanol–water partition coefficient (Wildman–Crippen LogP) is 2.87. The number of aromatic nitrogens is 2. The van der Waals surface area contributed by atoms with E-state index in [0.717, 1.165) is 48.2 Å². The van der Waals surface area contributed by atoms with Crippen LogP contribution in [0.4, 0.5) is 5.95 Å². The lowest BCUT2D eigenvalue weighted by Gasteiger charge is -2.33. The molecule has 3 atom stereocenters. The summed E-state index contributed by atoms with van der Waals surface area (Å²) in [5, 5.41) is 3.90. The summed E-state index contributed by atoms with van der Waals surface area (Å²) in [5.74, 6) is 0.582. The van der Waals surface area contributed by atoms with Gasteiger partial charge in [-0.3, -0.25) is 4.79 Å². The molecule has 1 N–H and O–H groups in total. The van der Waals surface area contributed by atoms with Crippen molar-refractivity contribution in [2.75, 3.05) is 32.2 Å². The molecule has 1 fully saturated rings. The summed E-state index contributed by atoms with van der Waals surface area (Å²) in [4.78, 5) is 36.6. The number of hydrogen-bond donors (Lipinski definition) is 1. The first kappa shape index (κ1) is 22.8. The third kappa shape index (κ3) is 5.06. The van der Waals surface area contributed by atoms with Crippen molar-refractivity contribution in [3.05, 3.63) is 23.9 Å². The van der Waals surface area contributed by atoms with E-state index in [1.165, 1.54) is 7.11 Å². The SMILES string of the molecule is CC[C@H](C)[C@H](NC(=O)C1CCCN(c2nc(C)c3ccc(OC)cc3n2)C1)C(=O)OC. The number of hydrogen-bond acceptors (Lipinski definition) is 7. The van der Waals surface area contributed by atoms with Crippen LogP contribution in [0.25, 0.3) is 10.9 Å². The van der Waals surface area contributed by atoms with Crippen LogP contribution < -0.4 is 15.0 Å². The molecule has 1 amide bonds. The Morgan fingerprint density at radius 3 is 2.74 bits per heavy atom. The molecule has 1 aliphatic rings. The van der Waals surface area contributed by atoms with E-state index in [1.807, 2.05) is 39.0 Å². The molecule has 8 heteroatoms. The van der Waals surface area contributed by atoms with Gasteiger partial charge in [-0.15, -0.1) is 0 Å². The van der Waals surface area contributed by atoms with Crippen molar-refractivity contribution in [2.45, 2.75) is 46.1 Å². The maximum atomic E-state index is 13.0. The number of nitrogens with zero attached hydrogens (tertiary/aromatic N) is 3. The number of carbonyl (C=O) groups is 2. The number of esters is 1. The van der Waals surface area contributed by atoms with Crippen molar-refractivity contribution in [2.24, 2.45) is 11.8 Å². The Labute approximate surface area is 183 Å². The molecule has 1 saturated heterocycles. The van der Waals surface area contributed by atoms with Crippen LogP contribution in [-0.4, -0.2) is 55.2 Å². The van der Waals surface area contributed by atoms with Gasteiger partial charge in [0.25, 0.3) is 0 Å². The van der Waals surface area contributed by atoms with Crippen molar-refractivity contribution in [3.8, 4) is 5.75 Å². The molecule has 0 saturated carbocycles. The summed E-state index contributed by atoms with van der Waals surface area (Å²) in [6.45, 7) is 7.18. The highest BCUT2D eigenvalue weighted by Crippen LogP contribution is 2.26. The lowest BCUT2D eigenvalue weighted by atomic mass is 9.94. The minimum absolute atomic E-state index is 0.00227. The summed E-state index contributed by atoms with van der Waals surface area (Å²) in [6.07, 6.45) is 2.38. The molecule has 0 aliphatic carbocycles. The lowest BCUT2D eigenvalue weighted by Crippen LogP contribution is -2.51. The lowest BCUT2D eigenvalue weighted by molar-refractivity contribution is -0.147. The Kier molecular flexibility index (Phi) is 7.30.